The lowest BCUT2D eigenvalue weighted by atomic mass is 10.1. The molecule has 0 unspecified atom stereocenters. The Balaban J connectivity index is 1.94. The molecule has 8 nitrogen and oxygen atoms in total. The fourth-order valence-electron chi connectivity index (χ4n) is 3.50. The molecule has 0 spiro atoms. The zero-order chi connectivity index (χ0) is 22.4. The van der Waals surface area contributed by atoms with Crippen molar-refractivity contribution in [2.24, 2.45) is 0 Å². The first kappa shape index (κ1) is 22.9. The van der Waals surface area contributed by atoms with Gasteiger partial charge in [-0.2, -0.15) is 4.31 Å². The zero-order valence-electron chi connectivity index (χ0n) is 18.0. The molecule has 168 valence electrons. The van der Waals surface area contributed by atoms with Crippen molar-refractivity contribution < 1.29 is 27.4 Å². The number of amides is 1. The number of carbonyl (C=O) groups excluding carboxylic acids is 1. The molecule has 1 fully saturated rings. The maximum Gasteiger partial charge on any atom is 0.259 e. The average molecular weight is 449 g/mol. The van der Waals surface area contributed by atoms with Crippen molar-refractivity contribution in [3.63, 3.8) is 0 Å². The van der Waals surface area contributed by atoms with Crippen molar-refractivity contribution >= 4 is 21.6 Å². The Kier molecular flexibility index (Phi) is 7.40. The minimum atomic E-state index is -3.75. The topological polar surface area (TPSA) is 94.2 Å². The normalized spacial score (nSPS) is 14.7. The van der Waals surface area contributed by atoms with Gasteiger partial charge < -0.3 is 19.5 Å². The first-order valence-corrected chi connectivity index (χ1v) is 11.6. The lowest BCUT2D eigenvalue weighted by Gasteiger charge is -2.27. The van der Waals surface area contributed by atoms with E-state index in [-0.39, 0.29) is 16.2 Å². The second kappa shape index (κ2) is 10.0. The van der Waals surface area contributed by atoms with Gasteiger partial charge in [0.25, 0.3) is 5.91 Å². The summed E-state index contributed by atoms with van der Waals surface area (Å²) in [6.07, 6.45) is 2.67. The summed E-state index contributed by atoms with van der Waals surface area (Å²) in [7, 11) is -0.770. The molecule has 1 aliphatic rings. The molecule has 0 aromatic heterocycles. The molecular formula is C22H28N2O6S. The third kappa shape index (κ3) is 5.11. The van der Waals surface area contributed by atoms with Crippen LogP contribution in [0, 0.1) is 0 Å². The number of carbonyl (C=O) groups is 1. The molecule has 9 heteroatoms. The summed E-state index contributed by atoms with van der Waals surface area (Å²) in [5.41, 5.74) is 0.616. The maximum absolute atomic E-state index is 13.3. The van der Waals surface area contributed by atoms with E-state index in [2.05, 4.69) is 5.32 Å². The van der Waals surface area contributed by atoms with Gasteiger partial charge in [-0.25, -0.2) is 8.42 Å². The van der Waals surface area contributed by atoms with Crippen LogP contribution in [0.2, 0.25) is 0 Å². The molecule has 2 aromatic rings. The predicted octanol–water partition coefficient (Wildman–Crippen LogP) is 3.53. The lowest BCUT2D eigenvalue weighted by Crippen LogP contribution is -2.35. The maximum atomic E-state index is 13.3. The third-order valence-corrected chi connectivity index (χ3v) is 7.01. The van der Waals surface area contributed by atoms with Gasteiger partial charge in [-0.15, -0.1) is 0 Å². The molecule has 3 rings (SSSR count). The van der Waals surface area contributed by atoms with Gasteiger partial charge in [0.05, 0.1) is 26.4 Å². The van der Waals surface area contributed by atoms with E-state index in [4.69, 9.17) is 14.2 Å². The van der Waals surface area contributed by atoms with E-state index in [9.17, 15) is 13.2 Å². The Morgan fingerprint density at radius 3 is 2.35 bits per heavy atom. The van der Waals surface area contributed by atoms with E-state index in [1.54, 1.807) is 37.3 Å². The highest BCUT2D eigenvalue weighted by Gasteiger charge is 2.29. The summed E-state index contributed by atoms with van der Waals surface area (Å²) in [6, 6.07) is 9.52. The Hall–Kier alpha value is -2.78. The van der Waals surface area contributed by atoms with Gasteiger partial charge in [0.2, 0.25) is 10.0 Å². The summed E-state index contributed by atoms with van der Waals surface area (Å²) in [5, 5.41) is 2.76. The van der Waals surface area contributed by atoms with Gasteiger partial charge in [0.15, 0.2) is 0 Å². The monoisotopic (exact) mass is 448 g/mol. The fraction of sp³-hybridized carbons (Fsp3) is 0.409. The van der Waals surface area contributed by atoms with E-state index in [1.165, 1.54) is 24.6 Å². The third-order valence-electron chi connectivity index (χ3n) is 5.09. The molecule has 1 N–H and O–H groups in total. The van der Waals surface area contributed by atoms with Crippen LogP contribution in [0.3, 0.4) is 0 Å². The van der Waals surface area contributed by atoms with Crippen LogP contribution in [0.25, 0.3) is 0 Å². The quantitative estimate of drug-likeness (QED) is 0.664. The number of anilines is 1. The number of nitrogens with zero attached hydrogens (tertiary/aromatic N) is 1. The number of hydrogen-bond donors (Lipinski definition) is 1. The molecule has 0 bridgehead atoms. The molecule has 0 radical (unpaired) electrons. The Labute approximate surface area is 183 Å². The van der Waals surface area contributed by atoms with Gasteiger partial charge in [0, 0.05) is 18.8 Å². The van der Waals surface area contributed by atoms with Gasteiger partial charge in [-0.1, -0.05) is 6.42 Å². The lowest BCUT2D eigenvalue weighted by molar-refractivity contribution is 0.102. The summed E-state index contributed by atoms with van der Waals surface area (Å²) >= 11 is 0. The number of methoxy groups -OCH3 is 2. The standard InChI is InChI=1S/C22H28N2O6S/c1-4-30-20-10-8-16(14-21(20)31(26,27)24-12-6-5-7-13-24)23-22(25)18-15-17(28-2)9-11-19(18)29-3/h8-11,14-15H,4-7,12-13H2,1-3H3,(H,23,25). The minimum Gasteiger partial charge on any atom is -0.497 e. The van der Waals surface area contributed by atoms with Crippen molar-refractivity contribution in [3.05, 3.63) is 42.0 Å². The van der Waals surface area contributed by atoms with Crippen molar-refractivity contribution in [3.8, 4) is 17.2 Å². The first-order valence-electron chi connectivity index (χ1n) is 10.2. The smallest absolute Gasteiger partial charge is 0.259 e. The molecule has 1 saturated heterocycles. The molecular weight excluding hydrogens is 420 g/mol. The van der Waals surface area contributed by atoms with E-state index in [0.717, 1.165) is 19.3 Å². The first-order chi connectivity index (χ1) is 14.9. The summed E-state index contributed by atoms with van der Waals surface area (Å²) in [6.45, 7) is 3.08. The molecule has 1 heterocycles. The second-order valence-electron chi connectivity index (χ2n) is 7.08. The number of rotatable bonds is 8. The number of piperidine rings is 1. The average Bonchev–Trinajstić information content (AvgIpc) is 2.80. The number of benzene rings is 2. The Morgan fingerprint density at radius 1 is 1.00 bits per heavy atom. The van der Waals surface area contributed by atoms with Gasteiger partial charge >= 0.3 is 0 Å². The molecule has 2 aromatic carbocycles. The van der Waals surface area contributed by atoms with Crippen LogP contribution in [0.1, 0.15) is 36.5 Å². The molecule has 1 amide bonds. The van der Waals surface area contributed by atoms with Crippen molar-refractivity contribution in [2.75, 3.05) is 39.2 Å². The predicted molar refractivity (Wildman–Crippen MR) is 118 cm³/mol. The van der Waals surface area contributed by atoms with Gasteiger partial charge in [-0.3, -0.25) is 4.79 Å². The highest BCUT2D eigenvalue weighted by molar-refractivity contribution is 7.89. The highest BCUT2D eigenvalue weighted by Crippen LogP contribution is 2.32. The van der Waals surface area contributed by atoms with Crippen LogP contribution in [-0.4, -0.2) is 52.5 Å². The van der Waals surface area contributed by atoms with Crippen molar-refractivity contribution in [2.45, 2.75) is 31.1 Å². The summed E-state index contributed by atoms with van der Waals surface area (Å²) in [4.78, 5) is 12.9. The van der Waals surface area contributed by atoms with E-state index in [1.807, 2.05) is 0 Å². The van der Waals surface area contributed by atoms with Crippen LogP contribution in [0.5, 0.6) is 17.2 Å². The number of ether oxygens (including phenoxy) is 3. The van der Waals surface area contributed by atoms with Gasteiger partial charge in [-0.05, 0) is 56.2 Å². The van der Waals surface area contributed by atoms with Crippen LogP contribution < -0.4 is 19.5 Å². The van der Waals surface area contributed by atoms with E-state index in [0.29, 0.717) is 36.9 Å². The van der Waals surface area contributed by atoms with E-state index < -0.39 is 15.9 Å². The molecule has 0 aliphatic carbocycles. The molecule has 0 atom stereocenters. The Morgan fingerprint density at radius 2 is 1.71 bits per heavy atom. The number of sulfonamides is 1. The summed E-state index contributed by atoms with van der Waals surface area (Å²) in [5.74, 6) is 0.711. The highest BCUT2D eigenvalue weighted by atomic mass is 32.2. The second-order valence-corrected chi connectivity index (χ2v) is 8.99. The fourth-order valence-corrected chi connectivity index (χ4v) is 5.17. The number of nitrogens with one attached hydrogen (secondary N) is 1. The van der Waals surface area contributed by atoms with Crippen LogP contribution in [0.4, 0.5) is 5.69 Å². The Bertz CT molecular complexity index is 1030. The minimum absolute atomic E-state index is 0.0478. The van der Waals surface area contributed by atoms with Crippen LogP contribution in [-0.2, 0) is 10.0 Å². The molecule has 31 heavy (non-hydrogen) atoms. The number of hydrogen-bond acceptors (Lipinski definition) is 6. The molecule has 0 saturated carbocycles. The SMILES string of the molecule is CCOc1ccc(NC(=O)c2cc(OC)ccc2OC)cc1S(=O)(=O)N1CCCCC1. The van der Waals surface area contributed by atoms with Crippen LogP contribution >= 0.6 is 0 Å². The largest absolute Gasteiger partial charge is 0.497 e. The van der Waals surface area contributed by atoms with Crippen molar-refractivity contribution in [1.82, 2.24) is 4.31 Å². The van der Waals surface area contributed by atoms with E-state index >= 15 is 0 Å². The summed E-state index contributed by atoms with van der Waals surface area (Å²) < 4.78 is 44.1. The van der Waals surface area contributed by atoms with Crippen molar-refractivity contribution in [1.29, 1.82) is 0 Å². The molecule has 1 aliphatic heterocycles. The zero-order valence-corrected chi connectivity index (χ0v) is 18.8. The van der Waals surface area contributed by atoms with Crippen LogP contribution in [0.15, 0.2) is 41.3 Å². The van der Waals surface area contributed by atoms with Gasteiger partial charge in [0.1, 0.15) is 22.1 Å².